The summed E-state index contributed by atoms with van der Waals surface area (Å²) in [5.74, 6) is 2.05. The Morgan fingerprint density at radius 2 is 2.26 bits per heavy atom. The second-order valence-electron chi connectivity index (χ2n) is 3.72. The molecule has 0 aliphatic heterocycles. The lowest BCUT2D eigenvalue weighted by molar-refractivity contribution is 0.308. The summed E-state index contributed by atoms with van der Waals surface area (Å²) in [6, 6.07) is 3.86. The highest BCUT2D eigenvalue weighted by atomic mass is 79.9. The van der Waals surface area contributed by atoms with Gasteiger partial charge < -0.3 is 14.8 Å². The number of nitrogens with one attached hydrogen (secondary N) is 2. The maximum atomic E-state index is 5.65. The number of benzene rings is 1. The third-order valence-electron chi connectivity index (χ3n) is 2.47. The van der Waals surface area contributed by atoms with Gasteiger partial charge >= 0.3 is 0 Å². The Bertz CT molecular complexity index is 531. The summed E-state index contributed by atoms with van der Waals surface area (Å²) in [5, 5.41) is 9.66. The third kappa shape index (κ3) is 3.37. The Kier molecular flexibility index (Phi) is 4.62. The zero-order valence-corrected chi connectivity index (χ0v) is 12.3. The summed E-state index contributed by atoms with van der Waals surface area (Å²) in [6.07, 6.45) is 1.45. The molecule has 19 heavy (non-hydrogen) atoms. The van der Waals surface area contributed by atoms with Gasteiger partial charge in [-0.1, -0.05) is 15.9 Å². The van der Waals surface area contributed by atoms with Crippen LogP contribution < -0.4 is 14.8 Å². The zero-order valence-electron chi connectivity index (χ0n) is 10.7. The monoisotopic (exact) mass is 326 g/mol. The van der Waals surface area contributed by atoms with Gasteiger partial charge in [0.05, 0.1) is 13.7 Å². The van der Waals surface area contributed by atoms with Gasteiger partial charge in [-0.3, -0.25) is 0 Å². The first kappa shape index (κ1) is 13.7. The molecule has 0 fully saturated rings. The van der Waals surface area contributed by atoms with Crippen molar-refractivity contribution in [1.29, 1.82) is 0 Å². The van der Waals surface area contributed by atoms with Crippen molar-refractivity contribution >= 4 is 21.9 Å². The molecule has 1 aromatic heterocycles. The number of ether oxygens (including phenoxy) is 2. The third-order valence-corrected chi connectivity index (χ3v) is 2.92. The van der Waals surface area contributed by atoms with Crippen LogP contribution in [0, 0.1) is 0 Å². The molecule has 0 amide bonds. The lowest BCUT2D eigenvalue weighted by Crippen LogP contribution is -2.06. The number of methoxy groups -OCH3 is 1. The van der Waals surface area contributed by atoms with Gasteiger partial charge in [0, 0.05) is 16.6 Å². The molecular weight excluding hydrogens is 312 g/mol. The van der Waals surface area contributed by atoms with Crippen LogP contribution in [0.25, 0.3) is 0 Å². The number of nitrogens with zero attached hydrogens (tertiary/aromatic N) is 2. The van der Waals surface area contributed by atoms with Crippen molar-refractivity contribution in [2.24, 2.45) is 0 Å². The maximum absolute atomic E-state index is 5.65. The van der Waals surface area contributed by atoms with Crippen molar-refractivity contribution < 1.29 is 9.47 Å². The Hall–Kier alpha value is -1.76. The molecule has 0 radical (unpaired) electrons. The summed E-state index contributed by atoms with van der Waals surface area (Å²) >= 11 is 3.46. The summed E-state index contributed by atoms with van der Waals surface area (Å²) in [7, 11) is 1.62. The van der Waals surface area contributed by atoms with E-state index in [0.29, 0.717) is 24.8 Å². The largest absolute Gasteiger partial charge is 0.493 e. The molecule has 0 bridgehead atoms. The molecule has 2 aromatic rings. The van der Waals surface area contributed by atoms with Crippen LogP contribution in [0.1, 0.15) is 12.5 Å². The molecule has 2 N–H and O–H groups in total. The quantitative estimate of drug-likeness (QED) is 0.853. The molecule has 1 heterocycles. The second-order valence-corrected chi connectivity index (χ2v) is 4.63. The average molecular weight is 327 g/mol. The Morgan fingerprint density at radius 1 is 1.42 bits per heavy atom. The van der Waals surface area contributed by atoms with Crippen molar-refractivity contribution in [3.8, 4) is 11.5 Å². The van der Waals surface area contributed by atoms with E-state index in [1.54, 1.807) is 7.11 Å². The van der Waals surface area contributed by atoms with Crippen LogP contribution in [0.4, 0.5) is 5.95 Å². The topological polar surface area (TPSA) is 72.1 Å². The van der Waals surface area contributed by atoms with E-state index in [1.807, 2.05) is 19.1 Å². The molecule has 1 aromatic carbocycles. The second kappa shape index (κ2) is 6.42. The highest BCUT2D eigenvalue weighted by Gasteiger charge is 2.12. The lowest BCUT2D eigenvalue weighted by Gasteiger charge is -2.15. The number of anilines is 1. The van der Waals surface area contributed by atoms with E-state index < -0.39 is 0 Å². The first-order valence-corrected chi connectivity index (χ1v) is 6.62. The standard InChI is InChI=1S/C12H15BrN4O2/c1-3-19-11-8(4-9(13)5-10(11)18-2)6-14-12-15-7-16-17-12/h4-5,7H,3,6H2,1-2H3,(H2,14,15,16,17). The van der Waals surface area contributed by atoms with E-state index in [9.17, 15) is 0 Å². The normalized spacial score (nSPS) is 10.3. The van der Waals surface area contributed by atoms with Gasteiger partial charge in [0.25, 0.3) is 0 Å². The molecule has 0 atom stereocenters. The van der Waals surface area contributed by atoms with Crippen LogP contribution in [-0.4, -0.2) is 28.9 Å². The zero-order chi connectivity index (χ0) is 13.7. The first-order chi connectivity index (χ1) is 9.24. The van der Waals surface area contributed by atoms with Gasteiger partial charge in [0.15, 0.2) is 11.5 Å². The van der Waals surface area contributed by atoms with Gasteiger partial charge in [-0.2, -0.15) is 5.10 Å². The SMILES string of the molecule is CCOc1c(CNc2ncn[nH]2)cc(Br)cc1OC. The van der Waals surface area contributed by atoms with Crippen molar-refractivity contribution in [1.82, 2.24) is 15.2 Å². The van der Waals surface area contributed by atoms with Crippen LogP contribution in [0.5, 0.6) is 11.5 Å². The minimum atomic E-state index is 0.556. The number of halogens is 1. The predicted octanol–water partition coefficient (Wildman–Crippen LogP) is 2.59. The first-order valence-electron chi connectivity index (χ1n) is 5.83. The summed E-state index contributed by atoms with van der Waals surface area (Å²) in [6.45, 7) is 3.07. The number of hydrogen-bond donors (Lipinski definition) is 2. The molecule has 0 aliphatic rings. The molecule has 6 nitrogen and oxygen atoms in total. The molecule has 0 saturated heterocycles. The number of hydrogen-bond acceptors (Lipinski definition) is 5. The van der Waals surface area contributed by atoms with E-state index in [2.05, 4.69) is 36.4 Å². The fourth-order valence-corrected chi connectivity index (χ4v) is 2.17. The number of aromatic amines is 1. The molecule has 0 saturated carbocycles. The van der Waals surface area contributed by atoms with Crippen LogP contribution in [0.3, 0.4) is 0 Å². The molecule has 0 aliphatic carbocycles. The van der Waals surface area contributed by atoms with Crippen molar-refractivity contribution in [3.05, 3.63) is 28.5 Å². The molecule has 0 spiro atoms. The molecular formula is C12H15BrN4O2. The van der Waals surface area contributed by atoms with Crippen LogP contribution >= 0.6 is 15.9 Å². The van der Waals surface area contributed by atoms with Gasteiger partial charge in [-0.25, -0.2) is 10.1 Å². The smallest absolute Gasteiger partial charge is 0.218 e. The van der Waals surface area contributed by atoms with E-state index in [-0.39, 0.29) is 0 Å². The fraction of sp³-hybridized carbons (Fsp3) is 0.333. The number of H-pyrrole nitrogens is 1. The van der Waals surface area contributed by atoms with E-state index in [0.717, 1.165) is 15.8 Å². The highest BCUT2D eigenvalue weighted by Crippen LogP contribution is 2.35. The molecule has 0 unspecified atom stereocenters. The van der Waals surface area contributed by atoms with Gasteiger partial charge in [0.1, 0.15) is 6.33 Å². The van der Waals surface area contributed by atoms with Crippen LogP contribution in [-0.2, 0) is 6.54 Å². The lowest BCUT2D eigenvalue weighted by atomic mass is 10.2. The van der Waals surface area contributed by atoms with Gasteiger partial charge in [0.2, 0.25) is 5.95 Å². The summed E-state index contributed by atoms with van der Waals surface area (Å²) in [4.78, 5) is 4.01. The molecule has 102 valence electrons. The molecule has 2 rings (SSSR count). The fourth-order valence-electron chi connectivity index (χ4n) is 1.68. The minimum Gasteiger partial charge on any atom is -0.493 e. The van der Waals surface area contributed by atoms with E-state index in [1.165, 1.54) is 6.33 Å². The van der Waals surface area contributed by atoms with Crippen LogP contribution in [0.2, 0.25) is 0 Å². The predicted molar refractivity (Wildman–Crippen MR) is 75.6 cm³/mol. The number of rotatable bonds is 6. The Morgan fingerprint density at radius 3 is 2.89 bits per heavy atom. The number of aromatic nitrogens is 3. The van der Waals surface area contributed by atoms with E-state index in [4.69, 9.17) is 9.47 Å². The average Bonchev–Trinajstić information content (AvgIpc) is 2.91. The maximum Gasteiger partial charge on any atom is 0.218 e. The Labute approximate surface area is 119 Å². The van der Waals surface area contributed by atoms with Gasteiger partial charge in [-0.15, -0.1) is 0 Å². The van der Waals surface area contributed by atoms with Crippen LogP contribution in [0.15, 0.2) is 22.9 Å². The van der Waals surface area contributed by atoms with E-state index >= 15 is 0 Å². The van der Waals surface area contributed by atoms with Crippen molar-refractivity contribution in [2.45, 2.75) is 13.5 Å². The highest BCUT2D eigenvalue weighted by molar-refractivity contribution is 9.10. The van der Waals surface area contributed by atoms with Gasteiger partial charge in [-0.05, 0) is 19.1 Å². The molecule has 7 heteroatoms. The Balaban J connectivity index is 2.23. The summed E-state index contributed by atoms with van der Waals surface area (Å²) in [5.41, 5.74) is 0.976. The summed E-state index contributed by atoms with van der Waals surface area (Å²) < 4.78 is 11.9. The van der Waals surface area contributed by atoms with Crippen molar-refractivity contribution in [2.75, 3.05) is 19.0 Å². The van der Waals surface area contributed by atoms with Crippen molar-refractivity contribution in [3.63, 3.8) is 0 Å². The minimum absolute atomic E-state index is 0.556.